The minimum absolute atomic E-state index is 0.211. The third-order valence-corrected chi connectivity index (χ3v) is 4.95. The fraction of sp³-hybridized carbons (Fsp3) is 0.160. The molecule has 0 spiro atoms. The van der Waals surface area contributed by atoms with Crippen LogP contribution in [0.5, 0.6) is 5.75 Å². The summed E-state index contributed by atoms with van der Waals surface area (Å²) in [5.74, 6) is 0.0643. The molecule has 186 valence electrons. The van der Waals surface area contributed by atoms with Crippen LogP contribution in [-0.2, 0) is 9.47 Å². The van der Waals surface area contributed by atoms with Crippen LogP contribution in [0.4, 0.5) is 23.7 Å². The molecule has 0 bridgehead atoms. The van der Waals surface area contributed by atoms with Crippen molar-refractivity contribution in [3.63, 3.8) is 0 Å². The van der Waals surface area contributed by atoms with Gasteiger partial charge in [-0.1, -0.05) is 30.3 Å². The summed E-state index contributed by atoms with van der Waals surface area (Å²) in [4.78, 5) is 16.6. The molecule has 0 aliphatic rings. The summed E-state index contributed by atoms with van der Waals surface area (Å²) in [6, 6.07) is 21.3. The zero-order valence-electron chi connectivity index (χ0n) is 19.0. The number of nitrogens with one attached hydrogen (secondary N) is 1. The predicted molar refractivity (Wildman–Crippen MR) is 125 cm³/mol. The highest BCUT2D eigenvalue weighted by molar-refractivity contribution is 5.85. The monoisotopic (exact) mass is 498 g/mol. The van der Waals surface area contributed by atoms with Gasteiger partial charge in [0.15, 0.2) is 11.9 Å². The van der Waals surface area contributed by atoms with E-state index in [4.69, 9.17) is 9.47 Å². The maximum absolute atomic E-state index is 12.4. The number of carbonyl (C=O) groups excluding carboxylic acids is 1. The van der Waals surface area contributed by atoms with Crippen LogP contribution in [0.25, 0.3) is 17.1 Å². The fourth-order valence-electron chi connectivity index (χ4n) is 3.32. The number of nitrogens with zero attached hydrogens (tertiary/aromatic N) is 3. The van der Waals surface area contributed by atoms with Gasteiger partial charge >= 0.3 is 12.5 Å². The van der Waals surface area contributed by atoms with Gasteiger partial charge in [-0.25, -0.2) is 14.5 Å². The van der Waals surface area contributed by atoms with Crippen molar-refractivity contribution >= 4 is 11.8 Å². The van der Waals surface area contributed by atoms with E-state index in [1.54, 1.807) is 24.3 Å². The Hall–Kier alpha value is -4.38. The summed E-state index contributed by atoms with van der Waals surface area (Å²) in [7, 11) is 1.53. The van der Waals surface area contributed by atoms with Gasteiger partial charge < -0.3 is 14.2 Å². The molecule has 0 saturated heterocycles. The van der Waals surface area contributed by atoms with Crippen LogP contribution in [0, 0.1) is 0 Å². The average Bonchev–Trinajstić information content (AvgIpc) is 3.35. The molecule has 0 fully saturated rings. The van der Waals surface area contributed by atoms with Crippen molar-refractivity contribution in [2.75, 3.05) is 19.0 Å². The van der Waals surface area contributed by atoms with Gasteiger partial charge in [0.25, 0.3) is 0 Å². The van der Waals surface area contributed by atoms with Crippen LogP contribution in [0.2, 0.25) is 0 Å². The first-order valence-electron chi connectivity index (χ1n) is 10.7. The Morgan fingerprint density at radius 2 is 1.69 bits per heavy atom. The largest absolute Gasteiger partial charge is 0.573 e. The number of halogens is 3. The van der Waals surface area contributed by atoms with E-state index >= 15 is 0 Å². The first-order chi connectivity index (χ1) is 17.3. The molecule has 4 rings (SSSR count). The number of alkyl halides is 3. The van der Waals surface area contributed by atoms with Gasteiger partial charge in [0.2, 0.25) is 0 Å². The molecule has 3 aromatic carbocycles. The lowest BCUT2D eigenvalue weighted by Gasteiger charge is -2.18. The lowest BCUT2D eigenvalue weighted by Crippen LogP contribution is -2.20. The number of amides is 1. The molecule has 1 heterocycles. The number of rotatable bonds is 8. The van der Waals surface area contributed by atoms with Crippen LogP contribution in [0.15, 0.2) is 85.2 Å². The number of hydrogen-bond acceptors (Lipinski definition) is 6. The Balaban J connectivity index is 1.38. The summed E-state index contributed by atoms with van der Waals surface area (Å²) in [5.41, 5.74) is 2.50. The Morgan fingerprint density at radius 3 is 2.33 bits per heavy atom. The van der Waals surface area contributed by atoms with Gasteiger partial charge in [-0.15, -0.1) is 18.3 Å². The van der Waals surface area contributed by atoms with E-state index in [1.165, 1.54) is 42.4 Å². The second-order valence-electron chi connectivity index (χ2n) is 7.52. The number of carbonyl (C=O) groups is 1. The van der Waals surface area contributed by atoms with E-state index in [1.807, 2.05) is 30.3 Å². The highest BCUT2D eigenvalue weighted by Gasteiger charge is 2.31. The van der Waals surface area contributed by atoms with Gasteiger partial charge in [0, 0.05) is 18.4 Å². The van der Waals surface area contributed by atoms with Crippen LogP contribution in [0.1, 0.15) is 11.7 Å². The second-order valence-corrected chi connectivity index (χ2v) is 7.52. The van der Waals surface area contributed by atoms with Gasteiger partial charge in [0.1, 0.15) is 12.1 Å². The van der Waals surface area contributed by atoms with Crippen molar-refractivity contribution in [2.45, 2.75) is 12.5 Å². The number of benzene rings is 3. The van der Waals surface area contributed by atoms with Gasteiger partial charge in [-0.05, 0) is 54.1 Å². The van der Waals surface area contributed by atoms with Crippen molar-refractivity contribution < 1.29 is 32.2 Å². The van der Waals surface area contributed by atoms with E-state index in [9.17, 15) is 18.0 Å². The van der Waals surface area contributed by atoms with E-state index in [0.717, 1.165) is 5.56 Å². The number of anilines is 1. The van der Waals surface area contributed by atoms with E-state index < -0.39 is 18.6 Å². The maximum Gasteiger partial charge on any atom is 0.573 e. The quantitative estimate of drug-likeness (QED) is 0.332. The van der Waals surface area contributed by atoms with Crippen LogP contribution < -0.4 is 10.1 Å². The highest BCUT2D eigenvalue weighted by atomic mass is 19.4. The summed E-state index contributed by atoms with van der Waals surface area (Å²) in [6.07, 6.45) is -4.50. The smallest absolute Gasteiger partial charge is 0.439 e. The molecule has 0 aliphatic carbocycles. The van der Waals surface area contributed by atoms with Crippen LogP contribution >= 0.6 is 0 Å². The number of hydrogen-bond donors (Lipinski definition) is 1. The number of aromatic nitrogens is 3. The van der Waals surface area contributed by atoms with Crippen LogP contribution in [-0.4, -0.2) is 40.9 Å². The molecular formula is C25H21F3N4O4. The van der Waals surface area contributed by atoms with Gasteiger partial charge in [0.05, 0.1) is 12.3 Å². The average molecular weight is 498 g/mol. The lowest BCUT2D eigenvalue weighted by molar-refractivity contribution is -0.274. The Morgan fingerprint density at radius 1 is 1.00 bits per heavy atom. The van der Waals surface area contributed by atoms with Gasteiger partial charge in [-0.3, -0.25) is 5.32 Å². The normalized spacial score (nSPS) is 12.1. The second kappa shape index (κ2) is 10.9. The van der Waals surface area contributed by atoms with E-state index in [-0.39, 0.29) is 12.4 Å². The van der Waals surface area contributed by atoms with Crippen molar-refractivity contribution in [3.8, 4) is 22.8 Å². The molecule has 0 saturated carbocycles. The molecule has 36 heavy (non-hydrogen) atoms. The first kappa shape index (κ1) is 24.7. The van der Waals surface area contributed by atoms with Gasteiger partial charge in [-0.2, -0.15) is 0 Å². The zero-order valence-corrected chi connectivity index (χ0v) is 19.0. The topological polar surface area (TPSA) is 87.5 Å². The maximum atomic E-state index is 12.4. The summed E-state index contributed by atoms with van der Waals surface area (Å²) in [5, 5.41) is 7.03. The van der Waals surface area contributed by atoms with Crippen molar-refractivity contribution in [3.05, 3.63) is 90.8 Å². The summed E-state index contributed by atoms with van der Waals surface area (Å²) >= 11 is 0. The molecule has 1 amide bonds. The Labute approximate surface area is 204 Å². The van der Waals surface area contributed by atoms with E-state index in [0.29, 0.717) is 22.8 Å². The molecule has 1 aromatic heterocycles. The molecule has 11 heteroatoms. The van der Waals surface area contributed by atoms with Crippen molar-refractivity contribution in [1.82, 2.24) is 14.8 Å². The minimum atomic E-state index is -4.76. The highest BCUT2D eigenvalue weighted by Crippen LogP contribution is 2.25. The molecule has 0 aliphatic heterocycles. The molecule has 1 N–H and O–H groups in total. The predicted octanol–water partition coefficient (Wildman–Crippen LogP) is 5.77. The Kier molecular flexibility index (Phi) is 7.50. The van der Waals surface area contributed by atoms with Crippen molar-refractivity contribution in [1.29, 1.82) is 0 Å². The molecule has 8 nitrogen and oxygen atoms in total. The van der Waals surface area contributed by atoms with Crippen molar-refractivity contribution in [2.24, 2.45) is 0 Å². The lowest BCUT2D eigenvalue weighted by atomic mass is 10.1. The summed E-state index contributed by atoms with van der Waals surface area (Å²) < 4.78 is 52.9. The zero-order chi connectivity index (χ0) is 25.5. The molecule has 1 atom stereocenters. The third kappa shape index (κ3) is 6.60. The minimum Gasteiger partial charge on any atom is -0.439 e. The number of ether oxygens (including phenoxy) is 3. The molecular weight excluding hydrogens is 477 g/mol. The van der Waals surface area contributed by atoms with Crippen LogP contribution in [0.3, 0.4) is 0 Å². The Bertz CT molecular complexity index is 1280. The fourth-order valence-corrected chi connectivity index (χ4v) is 3.32. The molecule has 1 unspecified atom stereocenters. The SMILES string of the molecule is COCC(OC(=O)Nc1ccc(-c2ncn(-c3ccc(OC(F)(F)F)cc3)n2)cc1)c1ccccc1. The standard InChI is InChI=1S/C25H21F3N4O4/c1-34-15-22(17-5-3-2-4-6-17)35-24(33)30-19-9-7-18(8-10-19)23-29-16-32(31-23)20-11-13-21(14-12-20)36-25(26,27)28/h2-14,16,22H,15H2,1H3,(H,30,33). The molecule has 4 aromatic rings. The summed E-state index contributed by atoms with van der Waals surface area (Å²) in [6.45, 7) is 0.211. The third-order valence-electron chi connectivity index (χ3n) is 4.95. The molecule has 0 radical (unpaired) electrons. The number of methoxy groups -OCH3 is 1. The van der Waals surface area contributed by atoms with E-state index in [2.05, 4.69) is 20.1 Å². The first-order valence-corrected chi connectivity index (χ1v) is 10.7.